The molecule has 0 aliphatic rings. The number of pyridine rings is 1. The third-order valence-corrected chi connectivity index (χ3v) is 3.56. The van der Waals surface area contributed by atoms with Crippen LogP contribution in [0, 0.1) is 0 Å². The van der Waals surface area contributed by atoms with E-state index in [9.17, 15) is 0 Å². The van der Waals surface area contributed by atoms with Crippen LogP contribution < -0.4 is 5.73 Å². The van der Waals surface area contributed by atoms with Gasteiger partial charge in [-0.1, -0.05) is 42.8 Å². The smallest absolute Gasteiger partial charge is 0.202 e. The lowest BCUT2D eigenvalue weighted by molar-refractivity contribution is 0.827. The van der Waals surface area contributed by atoms with Crippen molar-refractivity contribution in [1.29, 1.82) is 0 Å². The first kappa shape index (κ1) is 12.9. The van der Waals surface area contributed by atoms with Crippen LogP contribution in [0.15, 0.2) is 36.5 Å². The quantitative estimate of drug-likeness (QED) is 0.804. The Hall–Kier alpha value is -2.07. The van der Waals surface area contributed by atoms with E-state index in [0.717, 1.165) is 17.6 Å². The number of aryl methyl sites for hydroxylation is 1. The van der Waals surface area contributed by atoms with Crippen LogP contribution in [0.4, 0.5) is 5.95 Å². The molecule has 1 aromatic carbocycles. The summed E-state index contributed by atoms with van der Waals surface area (Å²) in [5, 5.41) is 0.564. The molecule has 4 nitrogen and oxygen atoms in total. The molecular formula is C15H15ClN4. The number of imidazole rings is 1. The number of nitrogens with two attached hydrogens (primary N) is 1. The number of rotatable bonds is 3. The Morgan fingerprint density at radius 1 is 1.20 bits per heavy atom. The zero-order chi connectivity index (χ0) is 14.1. The second-order valence-corrected chi connectivity index (χ2v) is 5.16. The summed E-state index contributed by atoms with van der Waals surface area (Å²) in [6.07, 6.45) is 2.65. The number of hydrogen-bond donors (Lipinski definition) is 1. The van der Waals surface area contributed by atoms with Crippen LogP contribution in [-0.4, -0.2) is 14.5 Å². The van der Waals surface area contributed by atoms with E-state index in [-0.39, 0.29) is 0 Å². The fourth-order valence-corrected chi connectivity index (χ4v) is 2.37. The number of benzene rings is 1. The summed E-state index contributed by atoms with van der Waals surface area (Å²) in [4.78, 5) is 8.62. The summed E-state index contributed by atoms with van der Waals surface area (Å²) in [6, 6.07) is 10.3. The summed E-state index contributed by atoms with van der Waals surface area (Å²) in [6.45, 7) is 2.80. The fourth-order valence-electron chi connectivity index (χ4n) is 2.22. The van der Waals surface area contributed by atoms with Gasteiger partial charge in [0.1, 0.15) is 5.52 Å². The van der Waals surface area contributed by atoms with Crippen LogP contribution in [0.2, 0.25) is 5.02 Å². The zero-order valence-electron chi connectivity index (χ0n) is 11.2. The van der Waals surface area contributed by atoms with Gasteiger partial charge < -0.3 is 5.73 Å². The van der Waals surface area contributed by atoms with Crippen molar-refractivity contribution in [2.24, 2.45) is 0 Å². The first-order valence-corrected chi connectivity index (χ1v) is 6.90. The first-order chi connectivity index (χ1) is 9.67. The highest BCUT2D eigenvalue weighted by atomic mass is 35.5. The molecule has 5 heteroatoms. The minimum atomic E-state index is 0.453. The summed E-state index contributed by atoms with van der Waals surface area (Å²) >= 11 is 5.92. The van der Waals surface area contributed by atoms with Crippen LogP contribution in [-0.2, 0) is 13.0 Å². The summed E-state index contributed by atoms with van der Waals surface area (Å²) in [7, 11) is 0. The topological polar surface area (TPSA) is 56.7 Å². The van der Waals surface area contributed by atoms with Gasteiger partial charge in [-0.2, -0.15) is 0 Å². The summed E-state index contributed by atoms with van der Waals surface area (Å²) in [5.41, 5.74) is 9.95. The molecule has 0 radical (unpaired) electrons. The normalized spacial score (nSPS) is 11.1. The number of anilines is 1. The third-order valence-electron chi connectivity index (χ3n) is 3.35. The molecule has 0 atom stereocenters. The van der Waals surface area contributed by atoms with Gasteiger partial charge in [0.25, 0.3) is 0 Å². The van der Waals surface area contributed by atoms with E-state index in [2.05, 4.69) is 41.2 Å². The number of nitrogens with zero attached hydrogens (tertiary/aromatic N) is 3. The number of nitrogen functional groups attached to an aromatic ring is 1. The van der Waals surface area contributed by atoms with E-state index in [4.69, 9.17) is 17.3 Å². The SMILES string of the molecule is CCc1ccc(Cn2c(N)nc3cc(Cl)cnc32)cc1. The molecule has 0 aliphatic carbocycles. The Morgan fingerprint density at radius 2 is 1.90 bits per heavy atom. The maximum atomic E-state index is 5.98. The second-order valence-electron chi connectivity index (χ2n) is 4.72. The molecule has 0 spiro atoms. The average molecular weight is 287 g/mol. The minimum Gasteiger partial charge on any atom is -0.369 e. The van der Waals surface area contributed by atoms with Crippen LogP contribution in [0.3, 0.4) is 0 Å². The molecule has 102 valence electrons. The molecule has 2 N–H and O–H groups in total. The van der Waals surface area contributed by atoms with Gasteiger partial charge in [0.15, 0.2) is 5.65 Å². The summed E-state index contributed by atoms with van der Waals surface area (Å²) < 4.78 is 1.90. The molecule has 3 rings (SSSR count). The van der Waals surface area contributed by atoms with Gasteiger partial charge >= 0.3 is 0 Å². The molecule has 0 fully saturated rings. The lowest BCUT2D eigenvalue weighted by atomic mass is 10.1. The maximum absolute atomic E-state index is 5.98. The molecule has 2 aromatic heterocycles. The van der Waals surface area contributed by atoms with Gasteiger partial charge in [-0.15, -0.1) is 0 Å². The van der Waals surface area contributed by atoms with Crippen LogP contribution in [0.5, 0.6) is 0 Å². The van der Waals surface area contributed by atoms with Gasteiger partial charge in [-0.3, -0.25) is 4.57 Å². The molecule has 2 heterocycles. The summed E-state index contributed by atoms with van der Waals surface area (Å²) in [5.74, 6) is 0.453. The third kappa shape index (κ3) is 2.34. The molecule has 20 heavy (non-hydrogen) atoms. The molecule has 0 bridgehead atoms. The molecular weight excluding hydrogens is 272 g/mol. The molecule has 0 unspecified atom stereocenters. The van der Waals surface area contributed by atoms with Crippen molar-refractivity contribution in [3.8, 4) is 0 Å². The van der Waals surface area contributed by atoms with E-state index in [1.807, 2.05) is 4.57 Å². The fraction of sp³-hybridized carbons (Fsp3) is 0.200. The van der Waals surface area contributed by atoms with Gasteiger partial charge in [0, 0.05) is 6.20 Å². The Morgan fingerprint density at radius 3 is 2.60 bits per heavy atom. The van der Waals surface area contributed by atoms with E-state index in [1.54, 1.807) is 12.3 Å². The monoisotopic (exact) mass is 286 g/mol. The molecule has 0 saturated heterocycles. The lowest BCUT2D eigenvalue weighted by Crippen LogP contribution is -2.05. The number of hydrogen-bond acceptors (Lipinski definition) is 3. The van der Waals surface area contributed by atoms with Crippen molar-refractivity contribution >= 4 is 28.7 Å². The highest BCUT2D eigenvalue weighted by Crippen LogP contribution is 2.20. The van der Waals surface area contributed by atoms with Crippen molar-refractivity contribution < 1.29 is 0 Å². The largest absolute Gasteiger partial charge is 0.369 e. The van der Waals surface area contributed by atoms with E-state index < -0.39 is 0 Å². The van der Waals surface area contributed by atoms with Crippen molar-refractivity contribution in [1.82, 2.24) is 14.5 Å². The Kier molecular flexibility index (Phi) is 3.32. The molecule has 0 amide bonds. The van der Waals surface area contributed by atoms with E-state index >= 15 is 0 Å². The average Bonchev–Trinajstić information content (AvgIpc) is 2.75. The highest BCUT2D eigenvalue weighted by molar-refractivity contribution is 6.31. The van der Waals surface area contributed by atoms with Crippen LogP contribution in [0.25, 0.3) is 11.2 Å². The van der Waals surface area contributed by atoms with Gasteiger partial charge in [0.2, 0.25) is 5.95 Å². The van der Waals surface area contributed by atoms with Crippen molar-refractivity contribution in [3.05, 3.63) is 52.7 Å². The molecule has 0 saturated carbocycles. The number of aromatic nitrogens is 3. The highest BCUT2D eigenvalue weighted by Gasteiger charge is 2.10. The van der Waals surface area contributed by atoms with Gasteiger partial charge in [0.05, 0.1) is 11.6 Å². The predicted octanol–water partition coefficient (Wildman–Crippen LogP) is 3.28. The van der Waals surface area contributed by atoms with E-state index in [1.165, 1.54) is 11.1 Å². The second kappa shape index (κ2) is 5.13. The predicted molar refractivity (Wildman–Crippen MR) is 81.9 cm³/mol. The van der Waals surface area contributed by atoms with Crippen LogP contribution >= 0.6 is 11.6 Å². The lowest BCUT2D eigenvalue weighted by Gasteiger charge is -2.07. The van der Waals surface area contributed by atoms with Crippen molar-refractivity contribution in [3.63, 3.8) is 0 Å². The maximum Gasteiger partial charge on any atom is 0.202 e. The Balaban J connectivity index is 1.99. The zero-order valence-corrected chi connectivity index (χ0v) is 11.9. The molecule has 0 aliphatic heterocycles. The Bertz CT molecular complexity index is 746. The number of fused-ring (bicyclic) bond motifs is 1. The van der Waals surface area contributed by atoms with Crippen molar-refractivity contribution in [2.45, 2.75) is 19.9 Å². The molecule has 3 aromatic rings. The standard InChI is InChI=1S/C15H15ClN4/c1-2-10-3-5-11(6-4-10)9-20-14-13(19-15(20)17)7-12(16)8-18-14/h3-8H,2,9H2,1H3,(H2,17,19). The van der Waals surface area contributed by atoms with Gasteiger partial charge in [-0.05, 0) is 23.6 Å². The van der Waals surface area contributed by atoms with Crippen molar-refractivity contribution in [2.75, 3.05) is 5.73 Å². The van der Waals surface area contributed by atoms with Crippen LogP contribution in [0.1, 0.15) is 18.1 Å². The van der Waals surface area contributed by atoms with E-state index in [0.29, 0.717) is 17.5 Å². The van der Waals surface area contributed by atoms with Gasteiger partial charge in [-0.25, -0.2) is 9.97 Å². The minimum absolute atomic E-state index is 0.453. The number of halogens is 1. The first-order valence-electron chi connectivity index (χ1n) is 6.52. The Labute approximate surface area is 122 Å².